The molecular weight excluding hydrogens is 479 g/mol. The number of furan rings is 1. The molecule has 37 heavy (non-hydrogen) atoms. The van der Waals surface area contributed by atoms with Crippen LogP contribution in [-0.4, -0.2) is 35.8 Å². The molecule has 5 rings (SSSR count). The fourth-order valence-corrected chi connectivity index (χ4v) is 5.60. The zero-order chi connectivity index (χ0) is 25.8. The molecule has 1 unspecified atom stereocenters. The van der Waals surface area contributed by atoms with Gasteiger partial charge in [-0.2, -0.15) is 0 Å². The molecule has 2 atom stereocenters. The number of amides is 2. The summed E-state index contributed by atoms with van der Waals surface area (Å²) in [6.07, 6.45) is 8.69. The molecule has 9 heteroatoms. The van der Waals surface area contributed by atoms with Crippen LogP contribution in [0.5, 0.6) is 0 Å². The van der Waals surface area contributed by atoms with Gasteiger partial charge >= 0.3 is 5.97 Å². The maximum atomic E-state index is 13.6. The lowest BCUT2D eigenvalue weighted by atomic mass is 9.97. The van der Waals surface area contributed by atoms with E-state index in [0.29, 0.717) is 23.7 Å². The zero-order valence-electron chi connectivity index (χ0n) is 20.8. The maximum absolute atomic E-state index is 13.6. The van der Waals surface area contributed by atoms with E-state index in [9.17, 15) is 18.8 Å². The van der Waals surface area contributed by atoms with Gasteiger partial charge in [0.05, 0.1) is 12.5 Å². The van der Waals surface area contributed by atoms with Crippen molar-refractivity contribution in [1.29, 1.82) is 0 Å². The Morgan fingerprint density at radius 1 is 1.08 bits per heavy atom. The number of hydrogen-bond donors (Lipinski definition) is 2. The number of ether oxygens (including phenoxy) is 2. The summed E-state index contributed by atoms with van der Waals surface area (Å²) in [4.78, 5) is 38.7. The van der Waals surface area contributed by atoms with Gasteiger partial charge in [0, 0.05) is 12.0 Å². The van der Waals surface area contributed by atoms with Crippen LogP contribution in [-0.2, 0) is 19.1 Å². The van der Waals surface area contributed by atoms with Crippen molar-refractivity contribution in [2.24, 2.45) is 5.92 Å². The summed E-state index contributed by atoms with van der Waals surface area (Å²) in [5.74, 6) is -2.66. The van der Waals surface area contributed by atoms with Gasteiger partial charge in [-0.25, -0.2) is 4.39 Å². The number of esters is 1. The van der Waals surface area contributed by atoms with Crippen molar-refractivity contribution in [3.8, 4) is 11.3 Å². The topological polar surface area (TPSA) is 107 Å². The maximum Gasteiger partial charge on any atom is 0.309 e. The van der Waals surface area contributed by atoms with Crippen LogP contribution in [0.4, 0.5) is 4.39 Å². The third-order valence-corrected chi connectivity index (χ3v) is 7.51. The van der Waals surface area contributed by atoms with Crippen molar-refractivity contribution in [3.05, 3.63) is 48.0 Å². The molecule has 2 amide bonds. The highest BCUT2D eigenvalue weighted by Crippen LogP contribution is 2.33. The van der Waals surface area contributed by atoms with Gasteiger partial charge in [-0.15, -0.1) is 0 Å². The lowest BCUT2D eigenvalue weighted by Crippen LogP contribution is -2.58. The average Bonchev–Trinajstić information content (AvgIpc) is 3.68. The molecule has 8 nitrogen and oxygen atoms in total. The van der Waals surface area contributed by atoms with E-state index < -0.39 is 35.6 Å². The molecule has 3 aliphatic rings. The zero-order valence-corrected chi connectivity index (χ0v) is 20.8. The Morgan fingerprint density at radius 2 is 1.84 bits per heavy atom. The second-order valence-corrected chi connectivity index (χ2v) is 10.3. The van der Waals surface area contributed by atoms with E-state index in [1.54, 1.807) is 18.2 Å². The lowest BCUT2D eigenvalue weighted by Gasteiger charge is -2.33. The number of carbonyl (C=O) groups excluding carboxylic acids is 3. The van der Waals surface area contributed by atoms with E-state index in [1.807, 2.05) is 0 Å². The molecule has 0 radical (unpaired) electrons. The quantitative estimate of drug-likeness (QED) is 0.368. The monoisotopic (exact) mass is 512 g/mol. The second-order valence-electron chi connectivity index (χ2n) is 10.3. The summed E-state index contributed by atoms with van der Waals surface area (Å²) < 4.78 is 30.9. The van der Waals surface area contributed by atoms with Gasteiger partial charge in [-0.3, -0.25) is 19.7 Å². The minimum atomic E-state index is -1.50. The van der Waals surface area contributed by atoms with Crippen LogP contribution in [0.15, 0.2) is 40.8 Å². The van der Waals surface area contributed by atoms with Crippen molar-refractivity contribution in [3.63, 3.8) is 0 Å². The number of halogens is 1. The summed E-state index contributed by atoms with van der Waals surface area (Å²) in [6.45, 7) is 0. The van der Waals surface area contributed by atoms with Gasteiger partial charge in [-0.05, 0) is 49.4 Å². The summed E-state index contributed by atoms with van der Waals surface area (Å²) in [5, 5.41) is 5.64. The number of cyclic esters (lactones) is 1. The third kappa shape index (κ3) is 6.21. The molecule has 2 saturated carbocycles. The van der Waals surface area contributed by atoms with Gasteiger partial charge in [-0.1, -0.05) is 50.7 Å². The Bertz CT molecular complexity index is 1140. The molecular formula is C28H33FN2O6. The Hall–Kier alpha value is -3.20. The van der Waals surface area contributed by atoms with E-state index in [-0.39, 0.29) is 24.7 Å². The molecule has 1 aliphatic heterocycles. The summed E-state index contributed by atoms with van der Waals surface area (Å²) in [5.41, 5.74) is 0.508. The first kappa shape index (κ1) is 25.4. The molecule has 2 N–H and O–H groups in total. The standard InChI is InChI=1S/C28H33FN2O6/c29-20-9-5-8-19(17-20)23-12-13-24(35-23)27(34)30-22(16-18-6-1-2-7-18)26(33)31-28(15-14-25(32)37-28)36-21-10-3-4-11-21/h5,8-9,12-13,17-18,21-22H,1-4,6-7,10-11,14-16H2,(H,30,34)(H,31,33)/t22-,28?/m0/s1. The highest BCUT2D eigenvalue weighted by Gasteiger charge is 2.46. The van der Waals surface area contributed by atoms with Crippen LogP contribution in [0.2, 0.25) is 0 Å². The molecule has 1 aromatic carbocycles. The van der Waals surface area contributed by atoms with Crippen LogP contribution in [0.3, 0.4) is 0 Å². The third-order valence-electron chi connectivity index (χ3n) is 7.51. The fourth-order valence-electron chi connectivity index (χ4n) is 5.60. The fraction of sp³-hybridized carbons (Fsp3) is 0.536. The molecule has 1 saturated heterocycles. The second kappa shape index (κ2) is 11.0. The lowest BCUT2D eigenvalue weighted by molar-refractivity contribution is -0.245. The van der Waals surface area contributed by atoms with E-state index in [4.69, 9.17) is 13.9 Å². The SMILES string of the molecule is O=C1CCC(NC(=O)[C@H](CC2CCCC2)NC(=O)c2ccc(-c3cccc(F)c3)o2)(OC2CCCC2)O1. The van der Waals surface area contributed by atoms with E-state index in [0.717, 1.165) is 51.4 Å². The Balaban J connectivity index is 1.31. The number of benzene rings is 1. The summed E-state index contributed by atoms with van der Waals surface area (Å²) in [7, 11) is 0. The molecule has 3 fully saturated rings. The molecule has 0 spiro atoms. The van der Waals surface area contributed by atoms with Crippen molar-refractivity contribution in [2.45, 2.75) is 88.7 Å². The average molecular weight is 513 g/mol. The minimum Gasteiger partial charge on any atom is -0.451 e. The predicted octanol–water partition coefficient (Wildman–Crippen LogP) is 4.83. The molecule has 2 aliphatic carbocycles. The molecule has 198 valence electrons. The highest BCUT2D eigenvalue weighted by atomic mass is 19.1. The van der Waals surface area contributed by atoms with Crippen molar-refractivity contribution >= 4 is 17.8 Å². The summed E-state index contributed by atoms with van der Waals surface area (Å²) >= 11 is 0. The van der Waals surface area contributed by atoms with E-state index >= 15 is 0 Å². The van der Waals surface area contributed by atoms with Gasteiger partial charge in [0.15, 0.2) is 5.76 Å². The molecule has 1 aromatic heterocycles. The smallest absolute Gasteiger partial charge is 0.309 e. The normalized spacial score (nSPS) is 23.2. The molecule has 2 heterocycles. The molecule has 2 aromatic rings. The van der Waals surface area contributed by atoms with E-state index in [1.165, 1.54) is 18.2 Å². The number of hydrogen-bond acceptors (Lipinski definition) is 6. The first-order valence-corrected chi connectivity index (χ1v) is 13.3. The van der Waals surface area contributed by atoms with Gasteiger partial charge in [0.1, 0.15) is 17.6 Å². The van der Waals surface area contributed by atoms with Crippen LogP contribution < -0.4 is 10.6 Å². The van der Waals surface area contributed by atoms with E-state index in [2.05, 4.69) is 10.6 Å². The summed E-state index contributed by atoms with van der Waals surface area (Å²) in [6, 6.07) is 8.14. The Morgan fingerprint density at radius 3 is 2.54 bits per heavy atom. The van der Waals surface area contributed by atoms with Crippen molar-refractivity contribution in [2.75, 3.05) is 0 Å². The first-order valence-electron chi connectivity index (χ1n) is 13.3. The Labute approximate surface area is 215 Å². The minimum absolute atomic E-state index is 0.0210. The predicted molar refractivity (Wildman–Crippen MR) is 131 cm³/mol. The van der Waals surface area contributed by atoms with Crippen LogP contribution in [0.25, 0.3) is 11.3 Å². The highest BCUT2D eigenvalue weighted by molar-refractivity contribution is 5.96. The van der Waals surface area contributed by atoms with Gasteiger partial charge in [0.2, 0.25) is 5.91 Å². The van der Waals surface area contributed by atoms with Gasteiger partial charge < -0.3 is 19.2 Å². The van der Waals surface area contributed by atoms with Gasteiger partial charge in [0.25, 0.3) is 11.8 Å². The van der Waals surface area contributed by atoms with Crippen LogP contribution in [0, 0.1) is 11.7 Å². The van der Waals surface area contributed by atoms with Crippen molar-refractivity contribution in [1.82, 2.24) is 10.6 Å². The number of carbonyl (C=O) groups is 3. The Kier molecular flexibility index (Phi) is 7.60. The molecule has 0 bridgehead atoms. The number of nitrogens with one attached hydrogen (secondary N) is 2. The first-order chi connectivity index (χ1) is 17.9. The van der Waals surface area contributed by atoms with Crippen LogP contribution >= 0.6 is 0 Å². The number of rotatable bonds is 9. The largest absolute Gasteiger partial charge is 0.451 e. The van der Waals surface area contributed by atoms with Crippen LogP contribution in [0.1, 0.15) is 81.2 Å². The van der Waals surface area contributed by atoms with Crippen molar-refractivity contribution < 1.29 is 32.7 Å².